The minimum atomic E-state index is 0.404. The van der Waals surface area contributed by atoms with Crippen LogP contribution in [0.25, 0.3) is 0 Å². The van der Waals surface area contributed by atoms with Gasteiger partial charge in [0.05, 0.1) is 0 Å². The second-order valence-electron chi connectivity index (χ2n) is 5.00. The summed E-state index contributed by atoms with van der Waals surface area (Å²) in [6, 6.07) is 12.2. The summed E-state index contributed by atoms with van der Waals surface area (Å²) in [6.45, 7) is 4.88. The first kappa shape index (κ1) is 14.5. The van der Waals surface area contributed by atoms with E-state index < -0.39 is 0 Å². The van der Waals surface area contributed by atoms with Crippen LogP contribution in [-0.4, -0.2) is 17.0 Å². The molecule has 0 saturated heterocycles. The van der Waals surface area contributed by atoms with Gasteiger partial charge in [0.25, 0.3) is 0 Å². The van der Waals surface area contributed by atoms with E-state index in [-0.39, 0.29) is 0 Å². The van der Waals surface area contributed by atoms with Crippen molar-refractivity contribution in [2.24, 2.45) is 5.73 Å². The summed E-state index contributed by atoms with van der Waals surface area (Å²) in [5.41, 5.74) is 10.1. The number of aromatic nitrogens is 1. The number of aryl methyl sites for hydroxylation is 2. The Kier molecular flexibility index (Phi) is 4.35. The number of hydrogen-bond acceptors (Lipinski definition) is 3. The third-order valence-electron chi connectivity index (χ3n) is 3.28. The van der Waals surface area contributed by atoms with Crippen molar-refractivity contribution in [1.29, 1.82) is 0 Å². The van der Waals surface area contributed by atoms with Gasteiger partial charge in [0, 0.05) is 24.8 Å². The quantitative estimate of drug-likeness (QED) is 0.877. The summed E-state index contributed by atoms with van der Waals surface area (Å²) in [6.07, 6.45) is 0. The van der Waals surface area contributed by atoms with E-state index >= 15 is 0 Å². The first-order valence-electron chi connectivity index (χ1n) is 6.51. The highest BCUT2D eigenvalue weighted by Gasteiger charge is 2.08. The van der Waals surface area contributed by atoms with E-state index in [1.54, 1.807) is 0 Å². The van der Waals surface area contributed by atoms with Crippen molar-refractivity contribution in [1.82, 2.24) is 4.98 Å². The van der Waals surface area contributed by atoms with E-state index in [0.717, 1.165) is 23.6 Å². The minimum Gasteiger partial charge on any atom is -0.389 e. The van der Waals surface area contributed by atoms with Gasteiger partial charge in [0.1, 0.15) is 10.8 Å². The van der Waals surface area contributed by atoms with Gasteiger partial charge in [-0.25, -0.2) is 4.98 Å². The lowest BCUT2D eigenvalue weighted by Crippen LogP contribution is -2.20. The molecule has 1 aromatic carbocycles. The van der Waals surface area contributed by atoms with E-state index in [9.17, 15) is 0 Å². The predicted molar refractivity (Wildman–Crippen MR) is 88.1 cm³/mol. The van der Waals surface area contributed by atoms with Gasteiger partial charge in [0.2, 0.25) is 0 Å². The van der Waals surface area contributed by atoms with Crippen LogP contribution in [0.15, 0.2) is 36.4 Å². The van der Waals surface area contributed by atoms with Crippen LogP contribution in [0.5, 0.6) is 0 Å². The average molecular weight is 285 g/mol. The SMILES string of the molecule is Cc1cc(C(N)=S)cc(N(C)Cc2ccccc2C)n1. The molecule has 0 amide bonds. The fraction of sp³-hybridized carbons (Fsp3) is 0.250. The Labute approximate surface area is 125 Å². The second-order valence-corrected chi connectivity index (χ2v) is 5.44. The molecule has 0 bridgehead atoms. The molecule has 2 N–H and O–H groups in total. The molecule has 1 heterocycles. The molecule has 0 aliphatic heterocycles. The Hall–Kier alpha value is -1.94. The van der Waals surface area contributed by atoms with Gasteiger partial charge in [-0.3, -0.25) is 0 Å². The maximum absolute atomic E-state index is 5.71. The standard InChI is InChI=1S/C16H19N3S/c1-11-6-4-5-7-13(11)10-19(3)15-9-14(16(17)20)8-12(2)18-15/h4-9H,10H2,1-3H3,(H2,17,20). The van der Waals surface area contributed by atoms with Gasteiger partial charge in [-0.2, -0.15) is 0 Å². The maximum atomic E-state index is 5.71. The van der Waals surface area contributed by atoms with Crippen LogP contribution in [0.2, 0.25) is 0 Å². The number of benzene rings is 1. The van der Waals surface area contributed by atoms with Crippen LogP contribution in [0.3, 0.4) is 0 Å². The topological polar surface area (TPSA) is 42.1 Å². The van der Waals surface area contributed by atoms with E-state index in [1.165, 1.54) is 11.1 Å². The van der Waals surface area contributed by atoms with E-state index in [4.69, 9.17) is 18.0 Å². The molecule has 0 spiro atoms. The van der Waals surface area contributed by atoms with Gasteiger partial charge in [-0.05, 0) is 37.1 Å². The third kappa shape index (κ3) is 3.33. The Morgan fingerprint density at radius 1 is 1.25 bits per heavy atom. The monoisotopic (exact) mass is 285 g/mol. The molecule has 0 atom stereocenters. The number of rotatable bonds is 4. The molecular weight excluding hydrogens is 266 g/mol. The van der Waals surface area contributed by atoms with Crippen molar-refractivity contribution in [2.75, 3.05) is 11.9 Å². The Bertz CT molecular complexity index is 637. The smallest absolute Gasteiger partial charge is 0.129 e. The fourth-order valence-electron chi connectivity index (χ4n) is 2.11. The zero-order valence-electron chi connectivity index (χ0n) is 12.1. The molecule has 0 saturated carbocycles. The van der Waals surface area contributed by atoms with Crippen molar-refractivity contribution >= 4 is 23.0 Å². The number of pyridine rings is 1. The Morgan fingerprint density at radius 2 is 1.95 bits per heavy atom. The molecule has 4 heteroatoms. The lowest BCUT2D eigenvalue weighted by molar-refractivity contribution is 0.885. The molecular formula is C16H19N3S. The number of nitrogens with zero attached hydrogens (tertiary/aromatic N) is 2. The lowest BCUT2D eigenvalue weighted by Gasteiger charge is -2.20. The minimum absolute atomic E-state index is 0.404. The molecule has 104 valence electrons. The highest BCUT2D eigenvalue weighted by atomic mass is 32.1. The second kappa shape index (κ2) is 6.01. The predicted octanol–water partition coefficient (Wildman–Crippen LogP) is 2.97. The van der Waals surface area contributed by atoms with Crippen LogP contribution in [-0.2, 0) is 6.54 Å². The maximum Gasteiger partial charge on any atom is 0.129 e. The largest absolute Gasteiger partial charge is 0.389 e. The zero-order valence-corrected chi connectivity index (χ0v) is 12.9. The highest BCUT2D eigenvalue weighted by molar-refractivity contribution is 7.80. The fourth-order valence-corrected chi connectivity index (χ4v) is 2.23. The Morgan fingerprint density at radius 3 is 2.60 bits per heavy atom. The molecule has 0 radical (unpaired) electrons. The molecule has 0 aliphatic rings. The van der Waals surface area contributed by atoms with Crippen LogP contribution in [0.4, 0.5) is 5.82 Å². The average Bonchev–Trinajstić information content (AvgIpc) is 2.40. The summed E-state index contributed by atoms with van der Waals surface area (Å²) >= 11 is 5.05. The van der Waals surface area contributed by atoms with Crippen molar-refractivity contribution in [3.8, 4) is 0 Å². The van der Waals surface area contributed by atoms with E-state index in [0.29, 0.717) is 4.99 Å². The molecule has 0 fully saturated rings. The molecule has 1 aromatic heterocycles. The summed E-state index contributed by atoms with van der Waals surface area (Å²) in [5, 5.41) is 0. The van der Waals surface area contributed by atoms with Crippen molar-refractivity contribution in [3.05, 3.63) is 58.8 Å². The van der Waals surface area contributed by atoms with E-state index in [2.05, 4.69) is 41.1 Å². The highest BCUT2D eigenvalue weighted by Crippen LogP contribution is 2.17. The normalized spacial score (nSPS) is 10.3. The zero-order chi connectivity index (χ0) is 14.7. The molecule has 3 nitrogen and oxygen atoms in total. The van der Waals surface area contributed by atoms with Gasteiger partial charge in [-0.1, -0.05) is 36.5 Å². The van der Waals surface area contributed by atoms with Gasteiger partial charge in [0.15, 0.2) is 0 Å². The van der Waals surface area contributed by atoms with Crippen LogP contribution in [0, 0.1) is 13.8 Å². The van der Waals surface area contributed by atoms with Crippen molar-refractivity contribution < 1.29 is 0 Å². The summed E-state index contributed by atoms with van der Waals surface area (Å²) in [5.74, 6) is 0.885. The number of thiocarbonyl (C=S) groups is 1. The third-order valence-corrected chi connectivity index (χ3v) is 3.52. The summed E-state index contributed by atoms with van der Waals surface area (Å²) < 4.78 is 0. The van der Waals surface area contributed by atoms with Crippen molar-refractivity contribution in [2.45, 2.75) is 20.4 Å². The van der Waals surface area contributed by atoms with Crippen LogP contribution in [0.1, 0.15) is 22.4 Å². The van der Waals surface area contributed by atoms with E-state index in [1.807, 2.05) is 26.1 Å². The number of hydrogen-bond donors (Lipinski definition) is 1. The number of nitrogens with two attached hydrogens (primary N) is 1. The molecule has 0 unspecified atom stereocenters. The first-order valence-corrected chi connectivity index (χ1v) is 6.92. The van der Waals surface area contributed by atoms with Gasteiger partial charge >= 0.3 is 0 Å². The van der Waals surface area contributed by atoms with Crippen LogP contribution < -0.4 is 10.6 Å². The first-order chi connectivity index (χ1) is 9.47. The van der Waals surface area contributed by atoms with Gasteiger partial charge < -0.3 is 10.6 Å². The molecule has 2 rings (SSSR count). The summed E-state index contributed by atoms with van der Waals surface area (Å²) in [4.78, 5) is 7.06. The van der Waals surface area contributed by atoms with Crippen molar-refractivity contribution in [3.63, 3.8) is 0 Å². The summed E-state index contributed by atoms with van der Waals surface area (Å²) in [7, 11) is 2.03. The molecule has 20 heavy (non-hydrogen) atoms. The van der Waals surface area contributed by atoms with Gasteiger partial charge in [-0.15, -0.1) is 0 Å². The lowest BCUT2D eigenvalue weighted by atomic mass is 10.1. The number of anilines is 1. The molecule has 0 aliphatic carbocycles. The Balaban J connectivity index is 2.27. The molecule has 2 aromatic rings. The van der Waals surface area contributed by atoms with Crippen LogP contribution >= 0.6 is 12.2 Å².